The van der Waals surface area contributed by atoms with E-state index in [9.17, 15) is 4.79 Å². The molecule has 0 saturated carbocycles. The predicted molar refractivity (Wildman–Crippen MR) is 86.1 cm³/mol. The number of carbonyl (C=O) groups excluding carboxylic acids is 1. The van der Waals surface area contributed by atoms with E-state index in [0.717, 1.165) is 24.6 Å². The molecule has 0 radical (unpaired) electrons. The van der Waals surface area contributed by atoms with Gasteiger partial charge in [-0.05, 0) is 31.4 Å². The van der Waals surface area contributed by atoms with Gasteiger partial charge in [0.2, 0.25) is 0 Å². The number of nitrogens with one attached hydrogen (secondary N) is 2. The van der Waals surface area contributed by atoms with Crippen molar-refractivity contribution in [3.8, 4) is 0 Å². The summed E-state index contributed by atoms with van der Waals surface area (Å²) in [6, 6.07) is 7.72. The molecule has 0 aliphatic heterocycles. The van der Waals surface area contributed by atoms with Gasteiger partial charge in [-0.15, -0.1) is 0 Å². The van der Waals surface area contributed by atoms with Crippen LogP contribution in [0, 0.1) is 12.8 Å². The van der Waals surface area contributed by atoms with Crippen LogP contribution >= 0.6 is 0 Å². The van der Waals surface area contributed by atoms with Crippen LogP contribution in [-0.2, 0) is 0 Å². The van der Waals surface area contributed by atoms with Crippen LogP contribution in [0.4, 0.5) is 10.5 Å². The molecular weight excluding hydrogens is 248 g/mol. The van der Waals surface area contributed by atoms with Crippen LogP contribution in [0.5, 0.6) is 0 Å². The summed E-state index contributed by atoms with van der Waals surface area (Å²) in [5.74, 6) is 0.740. The Kier molecular flexibility index (Phi) is 7.78. The number of hydrogen-bond donors (Lipinski definition) is 2. The summed E-state index contributed by atoms with van der Waals surface area (Å²) in [5, 5.41) is 5.80. The zero-order chi connectivity index (χ0) is 14.8. The fourth-order valence-electron chi connectivity index (χ4n) is 2.45. The van der Waals surface area contributed by atoms with Crippen molar-refractivity contribution in [2.75, 3.05) is 11.9 Å². The Morgan fingerprint density at radius 3 is 2.20 bits per heavy atom. The van der Waals surface area contributed by atoms with E-state index in [4.69, 9.17) is 0 Å². The molecule has 0 aromatic heterocycles. The third-order valence-corrected chi connectivity index (χ3v) is 3.54. The molecule has 0 unspecified atom stereocenters. The zero-order valence-corrected chi connectivity index (χ0v) is 13.0. The van der Waals surface area contributed by atoms with Crippen molar-refractivity contribution < 1.29 is 4.79 Å². The second-order valence-corrected chi connectivity index (χ2v) is 5.48. The molecule has 2 amide bonds. The Balaban J connectivity index is 2.26. The summed E-state index contributed by atoms with van der Waals surface area (Å²) in [7, 11) is 0. The van der Waals surface area contributed by atoms with Gasteiger partial charge >= 0.3 is 6.03 Å². The van der Waals surface area contributed by atoms with Gasteiger partial charge in [0.15, 0.2) is 0 Å². The first-order valence-electron chi connectivity index (χ1n) is 7.77. The molecule has 0 heterocycles. The average Bonchev–Trinajstić information content (AvgIpc) is 2.42. The molecule has 1 rings (SSSR count). The van der Waals surface area contributed by atoms with Crippen LogP contribution in [0.15, 0.2) is 24.3 Å². The standard InChI is InChI=1S/C17H28N2O/c1-4-6-15(7-5-2)12-13-18-17(20)19-16-10-8-14(3)9-11-16/h8-11,15H,4-7,12-13H2,1-3H3,(H2,18,19,20). The number of hydrogen-bond acceptors (Lipinski definition) is 1. The Labute approximate surface area is 123 Å². The molecule has 20 heavy (non-hydrogen) atoms. The maximum atomic E-state index is 11.8. The summed E-state index contributed by atoms with van der Waals surface area (Å²) < 4.78 is 0. The zero-order valence-electron chi connectivity index (χ0n) is 13.0. The van der Waals surface area contributed by atoms with Crippen molar-refractivity contribution >= 4 is 11.7 Å². The van der Waals surface area contributed by atoms with Gasteiger partial charge in [0.1, 0.15) is 0 Å². The molecular formula is C17H28N2O. The van der Waals surface area contributed by atoms with Crippen LogP contribution in [0.3, 0.4) is 0 Å². The minimum Gasteiger partial charge on any atom is -0.338 e. The highest BCUT2D eigenvalue weighted by atomic mass is 16.2. The third-order valence-electron chi connectivity index (χ3n) is 3.54. The van der Waals surface area contributed by atoms with E-state index < -0.39 is 0 Å². The molecule has 2 N–H and O–H groups in total. The predicted octanol–water partition coefficient (Wildman–Crippen LogP) is 4.72. The van der Waals surface area contributed by atoms with E-state index in [1.807, 2.05) is 31.2 Å². The molecule has 3 heteroatoms. The quantitative estimate of drug-likeness (QED) is 0.708. The summed E-state index contributed by atoms with van der Waals surface area (Å²) >= 11 is 0. The molecule has 0 aliphatic rings. The molecule has 0 aliphatic carbocycles. The Morgan fingerprint density at radius 2 is 1.65 bits per heavy atom. The lowest BCUT2D eigenvalue weighted by Crippen LogP contribution is -2.30. The SMILES string of the molecule is CCCC(CCC)CCNC(=O)Nc1ccc(C)cc1. The van der Waals surface area contributed by atoms with Crippen LogP contribution in [0.25, 0.3) is 0 Å². The van der Waals surface area contributed by atoms with Crippen LogP contribution in [0.2, 0.25) is 0 Å². The first-order valence-corrected chi connectivity index (χ1v) is 7.77. The van der Waals surface area contributed by atoms with Gasteiger partial charge < -0.3 is 10.6 Å². The number of benzene rings is 1. The van der Waals surface area contributed by atoms with E-state index in [0.29, 0.717) is 0 Å². The maximum absolute atomic E-state index is 11.8. The molecule has 0 spiro atoms. The second kappa shape index (κ2) is 9.40. The van der Waals surface area contributed by atoms with Gasteiger partial charge in [0.05, 0.1) is 0 Å². The van der Waals surface area contributed by atoms with Gasteiger partial charge in [-0.2, -0.15) is 0 Å². The average molecular weight is 276 g/mol. The van der Waals surface area contributed by atoms with E-state index in [1.165, 1.54) is 31.2 Å². The number of rotatable bonds is 8. The topological polar surface area (TPSA) is 41.1 Å². The minimum absolute atomic E-state index is 0.111. The molecule has 112 valence electrons. The van der Waals surface area contributed by atoms with Gasteiger partial charge in [0.25, 0.3) is 0 Å². The first kappa shape index (κ1) is 16.5. The normalized spacial score (nSPS) is 10.6. The third kappa shape index (κ3) is 6.60. The second-order valence-electron chi connectivity index (χ2n) is 5.48. The number of anilines is 1. The summed E-state index contributed by atoms with van der Waals surface area (Å²) in [4.78, 5) is 11.8. The fraction of sp³-hybridized carbons (Fsp3) is 0.588. The highest BCUT2D eigenvalue weighted by Crippen LogP contribution is 2.16. The van der Waals surface area contributed by atoms with Gasteiger partial charge in [-0.3, -0.25) is 0 Å². The summed E-state index contributed by atoms with van der Waals surface area (Å²) in [5.41, 5.74) is 2.03. The van der Waals surface area contributed by atoms with E-state index in [2.05, 4.69) is 24.5 Å². The Hall–Kier alpha value is -1.51. The van der Waals surface area contributed by atoms with Gasteiger partial charge in [-0.25, -0.2) is 4.79 Å². The molecule has 0 fully saturated rings. The first-order chi connectivity index (χ1) is 9.65. The van der Waals surface area contributed by atoms with Gasteiger partial charge in [0, 0.05) is 12.2 Å². The van der Waals surface area contributed by atoms with Crippen LogP contribution in [-0.4, -0.2) is 12.6 Å². The van der Waals surface area contributed by atoms with E-state index in [1.54, 1.807) is 0 Å². The van der Waals surface area contributed by atoms with Crippen LogP contribution in [0.1, 0.15) is 51.5 Å². The lowest BCUT2D eigenvalue weighted by Gasteiger charge is -2.15. The van der Waals surface area contributed by atoms with Crippen molar-refractivity contribution in [2.45, 2.75) is 52.9 Å². The number of aryl methyl sites for hydroxylation is 1. The number of amides is 2. The summed E-state index contributed by atoms with van der Waals surface area (Å²) in [6.07, 6.45) is 6.04. The van der Waals surface area contributed by atoms with Crippen molar-refractivity contribution in [2.24, 2.45) is 5.92 Å². The summed E-state index contributed by atoms with van der Waals surface area (Å²) in [6.45, 7) is 7.23. The highest BCUT2D eigenvalue weighted by Gasteiger charge is 2.07. The molecule has 1 aromatic rings. The molecule has 0 saturated heterocycles. The van der Waals surface area contributed by atoms with Crippen molar-refractivity contribution in [3.63, 3.8) is 0 Å². The molecule has 0 atom stereocenters. The smallest absolute Gasteiger partial charge is 0.319 e. The van der Waals surface area contributed by atoms with Crippen LogP contribution < -0.4 is 10.6 Å². The lowest BCUT2D eigenvalue weighted by atomic mass is 9.95. The Morgan fingerprint density at radius 1 is 1.05 bits per heavy atom. The number of carbonyl (C=O) groups is 1. The van der Waals surface area contributed by atoms with Crippen molar-refractivity contribution in [1.29, 1.82) is 0 Å². The largest absolute Gasteiger partial charge is 0.338 e. The van der Waals surface area contributed by atoms with Crippen molar-refractivity contribution in [1.82, 2.24) is 5.32 Å². The fourth-order valence-corrected chi connectivity index (χ4v) is 2.45. The monoisotopic (exact) mass is 276 g/mol. The van der Waals surface area contributed by atoms with Crippen molar-refractivity contribution in [3.05, 3.63) is 29.8 Å². The number of urea groups is 1. The van der Waals surface area contributed by atoms with Gasteiger partial charge in [-0.1, -0.05) is 57.2 Å². The molecule has 0 bridgehead atoms. The van der Waals surface area contributed by atoms with E-state index >= 15 is 0 Å². The maximum Gasteiger partial charge on any atom is 0.319 e. The molecule has 1 aromatic carbocycles. The minimum atomic E-state index is -0.111. The Bertz CT molecular complexity index is 380. The lowest BCUT2D eigenvalue weighted by molar-refractivity contribution is 0.251. The highest BCUT2D eigenvalue weighted by molar-refractivity contribution is 5.89. The van der Waals surface area contributed by atoms with E-state index in [-0.39, 0.29) is 6.03 Å². The molecule has 3 nitrogen and oxygen atoms in total.